The third-order valence-corrected chi connectivity index (χ3v) is 5.88. The number of aromatic carboxylic acids is 1. The SMILES string of the molecule is COC(=O)c1cccc(C#Cc2cccc(C(=O)O)c2)c1.COC(=O)c1cccc(C#Cc2cccc(C(=O)OC(C)(C)C)c2)c1. The molecule has 0 aliphatic heterocycles. The van der Waals surface area contributed by atoms with Crippen molar-refractivity contribution in [3.8, 4) is 23.7 Å². The summed E-state index contributed by atoms with van der Waals surface area (Å²) in [5, 5.41) is 8.92. The number of carbonyl (C=O) groups is 4. The highest BCUT2D eigenvalue weighted by Gasteiger charge is 2.17. The van der Waals surface area contributed by atoms with Gasteiger partial charge in [0.25, 0.3) is 0 Å². The average molecular weight is 617 g/mol. The number of methoxy groups -OCH3 is 2. The van der Waals surface area contributed by atoms with Gasteiger partial charge < -0.3 is 19.3 Å². The lowest BCUT2D eigenvalue weighted by atomic mass is 10.1. The third-order valence-electron chi connectivity index (χ3n) is 5.88. The lowest BCUT2D eigenvalue weighted by molar-refractivity contribution is 0.00688. The summed E-state index contributed by atoms with van der Waals surface area (Å²) in [4.78, 5) is 46.0. The Morgan fingerprint density at radius 2 is 0.826 bits per heavy atom. The maximum Gasteiger partial charge on any atom is 0.338 e. The number of carboxylic acid groups (broad SMARTS) is 1. The Balaban J connectivity index is 0.000000254. The molecule has 0 atom stereocenters. The van der Waals surface area contributed by atoms with Crippen LogP contribution < -0.4 is 0 Å². The molecule has 0 bridgehead atoms. The Labute approximate surface area is 267 Å². The van der Waals surface area contributed by atoms with E-state index in [0.717, 1.165) is 0 Å². The van der Waals surface area contributed by atoms with Gasteiger partial charge in [0.15, 0.2) is 0 Å². The van der Waals surface area contributed by atoms with Crippen LogP contribution in [0.25, 0.3) is 0 Å². The van der Waals surface area contributed by atoms with Crippen LogP contribution in [0.3, 0.4) is 0 Å². The maximum absolute atomic E-state index is 12.1. The van der Waals surface area contributed by atoms with Gasteiger partial charge >= 0.3 is 23.9 Å². The molecule has 0 unspecified atom stereocenters. The molecule has 8 heteroatoms. The van der Waals surface area contributed by atoms with Crippen molar-refractivity contribution in [1.82, 2.24) is 0 Å². The molecule has 8 nitrogen and oxygen atoms in total. The fourth-order valence-corrected chi connectivity index (χ4v) is 3.76. The minimum absolute atomic E-state index is 0.185. The van der Waals surface area contributed by atoms with Crippen LogP contribution in [-0.4, -0.2) is 48.8 Å². The fourth-order valence-electron chi connectivity index (χ4n) is 3.76. The molecule has 1 N–H and O–H groups in total. The van der Waals surface area contributed by atoms with E-state index in [9.17, 15) is 19.2 Å². The highest BCUT2D eigenvalue weighted by Crippen LogP contribution is 2.14. The molecule has 4 aromatic rings. The molecule has 0 aliphatic carbocycles. The first-order valence-corrected chi connectivity index (χ1v) is 14.0. The first kappa shape index (κ1) is 34.4. The molecular weight excluding hydrogens is 584 g/mol. The van der Waals surface area contributed by atoms with Crippen LogP contribution in [0.4, 0.5) is 0 Å². The second-order valence-corrected chi connectivity index (χ2v) is 10.6. The van der Waals surface area contributed by atoms with Gasteiger partial charge in [-0.1, -0.05) is 47.9 Å². The van der Waals surface area contributed by atoms with Gasteiger partial charge in [-0.25, -0.2) is 19.2 Å². The fraction of sp³-hybridized carbons (Fsp3) is 0.158. The monoisotopic (exact) mass is 616 g/mol. The molecule has 4 rings (SSSR count). The van der Waals surface area contributed by atoms with E-state index in [2.05, 4.69) is 28.4 Å². The zero-order chi connectivity index (χ0) is 33.7. The smallest absolute Gasteiger partial charge is 0.338 e. The molecule has 0 spiro atoms. The van der Waals surface area contributed by atoms with Crippen molar-refractivity contribution in [3.05, 3.63) is 142 Å². The van der Waals surface area contributed by atoms with Gasteiger partial charge in [0.1, 0.15) is 5.60 Å². The van der Waals surface area contributed by atoms with Gasteiger partial charge in [-0.3, -0.25) is 0 Å². The number of benzene rings is 4. The van der Waals surface area contributed by atoms with Gasteiger partial charge in [-0.2, -0.15) is 0 Å². The van der Waals surface area contributed by atoms with E-state index in [4.69, 9.17) is 14.6 Å². The molecule has 0 amide bonds. The minimum atomic E-state index is -0.994. The summed E-state index contributed by atoms with van der Waals surface area (Å²) in [6.07, 6.45) is 0. The maximum atomic E-state index is 12.1. The molecule has 232 valence electrons. The largest absolute Gasteiger partial charge is 0.478 e. The van der Waals surface area contributed by atoms with E-state index in [0.29, 0.717) is 38.9 Å². The van der Waals surface area contributed by atoms with Crippen LogP contribution in [-0.2, 0) is 14.2 Å². The van der Waals surface area contributed by atoms with Crippen molar-refractivity contribution in [2.45, 2.75) is 26.4 Å². The zero-order valence-corrected chi connectivity index (χ0v) is 26.0. The summed E-state index contributed by atoms with van der Waals surface area (Å²) in [6, 6.07) is 26.9. The molecule has 0 aromatic heterocycles. The second kappa shape index (κ2) is 16.1. The first-order chi connectivity index (χ1) is 21.9. The topological polar surface area (TPSA) is 116 Å². The second-order valence-electron chi connectivity index (χ2n) is 10.6. The number of carbonyl (C=O) groups excluding carboxylic acids is 3. The Morgan fingerprint density at radius 1 is 0.522 bits per heavy atom. The van der Waals surface area contributed by atoms with Crippen molar-refractivity contribution in [3.63, 3.8) is 0 Å². The summed E-state index contributed by atoms with van der Waals surface area (Å²) in [5.74, 6) is 9.54. The summed E-state index contributed by atoms with van der Waals surface area (Å²) in [7, 11) is 2.65. The number of esters is 3. The Morgan fingerprint density at radius 3 is 1.13 bits per heavy atom. The Kier molecular flexibility index (Phi) is 12.0. The molecule has 0 radical (unpaired) electrons. The summed E-state index contributed by atoms with van der Waals surface area (Å²) < 4.78 is 14.7. The molecule has 0 fully saturated rings. The normalized spacial score (nSPS) is 9.93. The van der Waals surface area contributed by atoms with E-state index >= 15 is 0 Å². The summed E-state index contributed by atoms with van der Waals surface area (Å²) >= 11 is 0. The zero-order valence-electron chi connectivity index (χ0n) is 26.0. The van der Waals surface area contributed by atoms with Crippen LogP contribution in [0.15, 0.2) is 97.1 Å². The number of rotatable bonds is 4. The van der Waals surface area contributed by atoms with Gasteiger partial charge in [-0.15, -0.1) is 0 Å². The number of ether oxygens (including phenoxy) is 3. The Hall–Kier alpha value is -6.12. The molecule has 0 aliphatic rings. The van der Waals surface area contributed by atoms with Crippen molar-refractivity contribution in [1.29, 1.82) is 0 Å². The van der Waals surface area contributed by atoms with Crippen LogP contribution in [0, 0.1) is 23.7 Å². The predicted molar refractivity (Wildman–Crippen MR) is 173 cm³/mol. The highest BCUT2D eigenvalue weighted by atomic mass is 16.6. The number of hydrogen-bond donors (Lipinski definition) is 1. The average Bonchev–Trinajstić information content (AvgIpc) is 3.05. The summed E-state index contributed by atoms with van der Waals surface area (Å²) in [6.45, 7) is 5.47. The van der Waals surface area contributed by atoms with E-state index in [-0.39, 0.29) is 11.5 Å². The number of carboxylic acids is 1. The van der Waals surface area contributed by atoms with Crippen molar-refractivity contribution >= 4 is 23.9 Å². The standard InChI is InChI=1S/C21H20O4.C17H12O4/c1-21(2,3)25-20(23)18-10-6-8-16(14-18)12-11-15-7-5-9-17(13-15)19(22)24-4;1-21-17(20)15-7-3-5-13(11-15)9-8-12-4-2-6-14(10-12)16(18)19/h5-10,13-14H,1-4H3;2-7,10-11H,1H3,(H,18,19). The lowest BCUT2D eigenvalue weighted by Gasteiger charge is -2.19. The molecule has 0 saturated heterocycles. The van der Waals surface area contributed by atoms with Crippen molar-refractivity contribution < 1.29 is 38.5 Å². The molecular formula is C38H32O8. The predicted octanol–water partition coefficient (Wildman–Crippen LogP) is 6.40. The van der Waals surface area contributed by atoms with Gasteiger partial charge in [-0.05, 0) is 93.6 Å². The summed E-state index contributed by atoms with van der Waals surface area (Å²) in [5.41, 5.74) is 3.57. The number of hydrogen-bond acceptors (Lipinski definition) is 7. The molecule has 46 heavy (non-hydrogen) atoms. The van der Waals surface area contributed by atoms with E-state index < -0.39 is 23.5 Å². The van der Waals surface area contributed by atoms with Crippen molar-refractivity contribution in [2.24, 2.45) is 0 Å². The van der Waals surface area contributed by atoms with E-state index in [1.807, 2.05) is 26.8 Å². The molecule has 0 heterocycles. The van der Waals surface area contributed by atoms with E-state index in [1.165, 1.54) is 26.4 Å². The first-order valence-electron chi connectivity index (χ1n) is 14.0. The van der Waals surface area contributed by atoms with Gasteiger partial charge in [0, 0.05) is 22.3 Å². The third kappa shape index (κ3) is 10.9. The van der Waals surface area contributed by atoms with Gasteiger partial charge in [0.05, 0.1) is 36.5 Å². The van der Waals surface area contributed by atoms with E-state index in [1.54, 1.807) is 78.9 Å². The van der Waals surface area contributed by atoms with Crippen LogP contribution in [0.2, 0.25) is 0 Å². The lowest BCUT2D eigenvalue weighted by Crippen LogP contribution is -2.23. The van der Waals surface area contributed by atoms with Crippen LogP contribution in [0.1, 0.15) is 84.5 Å². The van der Waals surface area contributed by atoms with Crippen LogP contribution >= 0.6 is 0 Å². The molecule has 0 saturated carbocycles. The Bertz CT molecular complexity index is 1870. The van der Waals surface area contributed by atoms with Gasteiger partial charge in [0.2, 0.25) is 0 Å². The quantitative estimate of drug-likeness (QED) is 0.159. The molecule has 4 aromatic carbocycles. The highest BCUT2D eigenvalue weighted by molar-refractivity contribution is 5.91. The van der Waals surface area contributed by atoms with Crippen molar-refractivity contribution in [2.75, 3.05) is 14.2 Å². The minimum Gasteiger partial charge on any atom is -0.478 e. The van der Waals surface area contributed by atoms with Crippen LogP contribution in [0.5, 0.6) is 0 Å².